The largest absolute Gasteiger partial charge is 0.333 e. The lowest BCUT2D eigenvalue weighted by molar-refractivity contribution is -0.136. The molecule has 0 aliphatic rings. The number of benzene rings is 1. The monoisotopic (exact) mass is 454 g/mol. The van der Waals surface area contributed by atoms with Gasteiger partial charge in [-0.1, -0.05) is 73.6 Å². The summed E-state index contributed by atoms with van der Waals surface area (Å²) in [5, 5.41) is 7.84. The minimum Gasteiger partial charge on any atom is -0.333 e. The van der Waals surface area contributed by atoms with Gasteiger partial charge in [0, 0.05) is 24.4 Å². The van der Waals surface area contributed by atoms with E-state index >= 15 is 0 Å². The Bertz CT molecular complexity index is 961. The van der Waals surface area contributed by atoms with Crippen LogP contribution in [0.25, 0.3) is 5.69 Å². The predicted molar refractivity (Wildman–Crippen MR) is 136 cm³/mol. The molecule has 2 rings (SSSR count). The van der Waals surface area contributed by atoms with Gasteiger partial charge in [0.25, 0.3) is 0 Å². The van der Waals surface area contributed by atoms with E-state index in [-0.39, 0.29) is 29.2 Å². The molecule has 182 valence electrons. The molecule has 2 amide bonds. The van der Waals surface area contributed by atoms with Crippen LogP contribution in [-0.4, -0.2) is 39.6 Å². The van der Waals surface area contributed by atoms with Gasteiger partial charge in [-0.15, -0.1) is 0 Å². The first-order chi connectivity index (χ1) is 15.2. The van der Waals surface area contributed by atoms with Crippen LogP contribution >= 0.6 is 0 Å². The average molecular weight is 455 g/mol. The van der Waals surface area contributed by atoms with E-state index in [1.165, 1.54) is 0 Å². The summed E-state index contributed by atoms with van der Waals surface area (Å²) in [7, 11) is 0. The maximum Gasteiger partial charge on any atom is 0.245 e. The molecule has 0 saturated heterocycles. The number of hydrogen-bond donors (Lipinski definition) is 1. The van der Waals surface area contributed by atoms with Gasteiger partial charge >= 0.3 is 0 Å². The highest BCUT2D eigenvalue weighted by molar-refractivity contribution is 5.94. The van der Waals surface area contributed by atoms with E-state index in [0.29, 0.717) is 24.7 Å². The zero-order chi connectivity index (χ0) is 25.0. The second kappa shape index (κ2) is 10.5. The Hall–Kier alpha value is -2.63. The van der Waals surface area contributed by atoms with Gasteiger partial charge in [-0.05, 0) is 36.3 Å². The molecule has 1 heterocycles. The van der Waals surface area contributed by atoms with Gasteiger partial charge < -0.3 is 10.2 Å². The van der Waals surface area contributed by atoms with Crippen LogP contribution in [0.5, 0.6) is 0 Å². The quantitative estimate of drug-likeness (QED) is 0.554. The first-order valence-electron chi connectivity index (χ1n) is 11.9. The summed E-state index contributed by atoms with van der Waals surface area (Å²) in [5.41, 5.74) is 2.58. The van der Waals surface area contributed by atoms with Crippen molar-refractivity contribution in [1.82, 2.24) is 14.7 Å². The van der Waals surface area contributed by atoms with Gasteiger partial charge in [0.15, 0.2) is 0 Å². The van der Waals surface area contributed by atoms with Crippen LogP contribution in [0.1, 0.15) is 79.5 Å². The molecule has 0 radical (unpaired) electrons. The van der Waals surface area contributed by atoms with Crippen molar-refractivity contribution in [3.05, 3.63) is 41.6 Å². The molecule has 33 heavy (non-hydrogen) atoms. The predicted octanol–water partition coefficient (Wildman–Crippen LogP) is 5.73. The summed E-state index contributed by atoms with van der Waals surface area (Å²) < 4.78 is 1.79. The topological polar surface area (TPSA) is 67.2 Å². The average Bonchev–Trinajstić information content (AvgIpc) is 3.07. The molecule has 0 atom stereocenters. The van der Waals surface area contributed by atoms with E-state index in [1.807, 2.05) is 58.0 Å². The van der Waals surface area contributed by atoms with E-state index in [4.69, 9.17) is 5.10 Å². The number of carbonyl (C=O) groups is 2. The Labute approximate surface area is 199 Å². The molecule has 6 heteroatoms. The summed E-state index contributed by atoms with van der Waals surface area (Å²) in [6.07, 6.45) is 1.27. The Morgan fingerprint density at radius 2 is 1.73 bits per heavy atom. The van der Waals surface area contributed by atoms with Crippen molar-refractivity contribution in [3.63, 3.8) is 0 Å². The standard InChI is InChI=1S/C27H42N4O2/c1-19(2)14-15-30(25(33)17-26(4,5)6)18-24(32)28-23-16-22(27(7,8)9)29-31(23)21-13-11-10-12-20(21)3/h10-13,16,19H,14-15,17-18H2,1-9H3,(H,28,32). The fourth-order valence-corrected chi connectivity index (χ4v) is 3.45. The lowest BCUT2D eigenvalue weighted by Gasteiger charge is -2.27. The molecule has 0 spiro atoms. The number of hydrogen-bond acceptors (Lipinski definition) is 3. The second-order valence-electron chi connectivity index (χ2n) is 11.6. The Morgan fingerprint density at radius 1 is 1.09 bits per heavy atom. The highest BCUT2D eigenvalue weighted by Gasteiger charge is 2.25. The van der Waals surface area contributed by atoms with Crippen molar-refractivity contribution in [1.29, 1.82) is 0 Å². The second-order valence-corrected chi connectivity index (χ2v) is 11.6. The molecule has 2 aromatic rings. The third kappa shape index (κ3) is 8.02. The van der Waals surface area contributed by atoms with Gasteiger partial charge in [0.2, 0.25) is 11.8 Å². The third-order valence-corrected chi connectivity index (χ3v) is 5.43. The molecule has 1 aromatic heterocycles. The van der Waals surface area contributed by atoms with E-state index in [2.05, 4.69) is 39.9 Å². The fourth-order valence-electron chi connectivity index (χ4n) is 3.45. The van der Waals surface area contributed by atoms with E-state index in [9.17, 15) is 9.59 Å². The van der Waals surface area contributed by atoms with Crippen LogP contribution < -0.4 is 5.32 Å². The Kier molecular flexibility index (Phi) is 8.50. The van der Waals surface area contributed by atoms with Gasteiger partial charge in [0.05, 0.1) is 17.9 Å². The molecule has 1 aromatic carbocycles. The summed E-state index contributed by atoms with van der Waals surface area (Å²) >= 11 is 0. The molecule has 1 N–H and O–H groups in total. The first-order valence-corrected chi connectivity index (χ1v) is 11.9. The number of rotatable bonds is 8. The lowest BCUT2D eigenvalue weighted by atomic mass is 9.91. The fraction of sp³-hybridized carbons (Fsp3) is 0.593. The molecule has 0 saturated carbocycles. The van der Waals surface area contributed by atoms with Crippen LogP contribution in [0.15, 0.2) is 30.3 Å². The smallest absolute Gasteiger partial charge is 0.245 e. The molecule has 0 aliphatic heterocycles. The molecule has 0 fully saturated rings. The first kappa shape index (κ1) is 26.6. The van der Waals surface area contributed by atoms with E-state index in [1.54, 1.807) is 9.58 Å². The lowest BCUT2D eigenvalue weighted by Crippen LogP contribution is -2.40. The minimum atomic E-state index is -0.212. The van der Waals surface area contributed by atoms with Crippen LogP contribution in [0.4, 0.5) is 5.82 Å². The molecule has 0 bridgehead atoms. The van der Waals surface area contributed by atoms with Crippen LogP contribution in [0.2, 0.25) is 0 Å². The molecule has 0 aliphatic carbocycles. The number of carbonyl (C=O) groups excluding carboxylic acids is 2. The van der Waals surface area contributed by atoms with Gasteiger partial charge in [-0.25, -0.2) is 4.68 Å². The van der Waals surface area contributed by atoms with Crippen molar-refractivity contribution in [2.24, 2.45) is 11.3 Å². The number of aromatic nitrogens is 2. The van der Waals surface area contributed by atoms with Gasteiger partial charge in [0.1, 0.15) is 5.82 Å². The summed E-state index contributed by atoms with van der Waals surface area (Å²) in [6.45, 7) is 19.3. The number of aryl methyl sites for hydroxylation is 1. The molecule has 0 unspecified atom stereocenters. The van der Waals surface area contributed by atoms with Crippen molar-refractivity contribution in [3.8, 4) is 5.69 Å². The van der Waals surface area contributed by atoms with E-state index in [0.717, 1.165) is 23.4 Å². The Morgan fingerprint density at radius 3 is 2.27 bits per heavy atom. The van der Waals surface area contributed by atoms with Gasteiger partial charge in [-0.3, -0.25) is 9.59 Å². The van der Waals surface area contributed by atoms with E-state index < -0.39 is 0 Å². The third-order valence-electron chi connectivity index (χ3n) is 5.43. The van der Waals surface area contributed by atoms with Crippen molar-refractivity contribution < 1.29 is 9.59 Å². The maximum absolute atomic E-state index is 13.1. The maximum atomic E-state index is 13.1. The highest BCUT2D eigenvalue weighted by Crippen LogP contribution is 2.27. The van der Waals surface area contributed by atoms with Gasteiger partial charge in [-0.2, -0.15) is 5.10 Å². The van der Waals surface area contributed by atoms with Crippen LogP contribution in [0, 0.1) is 18.3 Å². The highest BCUT2D eigenvalue weighted by atomic mass is 16.2. The minimum absolute atomic E-state index is 0.0149. The van der Waals surface area contributed by atoms with Crippen LogP contribution in [-0.2, 0) is 15.0 Å². The normalized spacial score (nSPS) is 12.2. The number of anilines is 1. The van der Waals surface area contributed by atoms with Crippen molar-refractivity contribution in [2.75, 3.05) is 18.4 Å². The number of para-hydroxylation sites is 1. The zero-order valence-electron chi connectivity index (χ0n) is 22.0. The summed E-state index contributed by atoms with van der Waals surface area (Å²) in [6, 6.07) is 9.90. The zero-order valence-corrected chi connectivity index (χ0v) is 22.0. The summed E-state index contributed by atoms with van der Waals surface area (Å²) in [4.78, 5) is 27.8. The Balaban J connectivity index is 2.30. The van der Waals surface area contributed by atoms with Crippen molar-refractivity contribution in [2.45, 2.75) is 80.6 Å². The number of nitrogens with one attached hydrogen (secondary N) is 1. The number of nitrogens with zero attached hydrogens (tertiary/aromatic N) is 3. The molecular formula is C27H42N4O2. The summed E-state index contributed by atoms with van der Waals surface area (Å²) in [5.74, 6) is 0.874. The van der Waals surface area contributed by atoms with Crippen LogP contribution in [0.3, 0.4) is 0 Å². The molecular weight excluding hydrogens is 412 g/mol. The number of amides is 2. The van der Waals surface area contributed by atoms with Crippen molar-refractivity contribution >= 4 is 17.6 Å². The SMILES string of the molecule is Cc1ccccc1-n1nc(C(C)(C)C)cc1NC(=O)CN(CCC(C)C)C(=O)CC(C)(C)C. The molecule has 6 nitrogen and oxygen atoms in total.